The second-order valence-corrected chi connectivity index (χ2v) is 8.75. The zero-order chi connectivity index (χ0) is 29.4. The number of para-hydroxylation sites is 1. The molecule has 41 heavy (non-hydrogen) atoms. The van der Waals surface area contributed by atoms with E-state index in [2.05, 4.69) is 27.2 Å². The fraction of sp³-hybridized carbons (Fsp3) is 0.207. The van der Waals surface area contributed by atoms with Crippen molar-refractivity contribution in [3.8, 4) is 17.2 Å². The van der Waals surface area contributed by atoms with Crippen molar-refractivity contribution in [3.05, 3.63) is 105 Å². The lowest BCUT2D eigenvalue weighted by molar-refractivity contribution is -0.385. The van der Waals surface area contributed by atoms with E-state index in [4.69, 9.17) is 18.6 Å². The Balaban J connectivity index is 1.35. The highest BCUT2D eigenvalue weighted by Crippen LogP contribution is 2.30. The number of hydrogen-bond acceptors (Lipinski definition) is 9. The van der Waals surface area contributed by atoms with Gasteiger partial charge in [-0.05, 0) is 75.4 Å². The molecule has 2 aromatic heterocycles. The SMILES string of the molecule is CCOC(=O)COc1c(/C=N/NC(=O)c2ccc(COc3ccc(-n4c(C)ccc4C)cc3)o2)cccc1[N+](=O)[O-]. The van der Waals surface area contributed by atoms with E-state index in [1.54, 1.807) is 13.0 Å². The lowest BCUT2D eigenvalue weighted by atomic mass is 10.2. The van der Waals surface area contributed by atoms with Gasteiger partial charge in [0.05, 0.1) is 17.7 Å². The van der Waals surface area contributed by atoms with E-state index in [0.717, 1.165) is 17.1 Å². The lowest BCUT2D eigenvalue weighted by Gasteiger charge is -2.10. The van der Waals surface area contributed by atoms with Gasteiger partial charge in [0.2, 0.25) is 5.75 Å². The van der Waals surface area contributed by atoms with Gasteiger partial charge < -0.3 is 23.2 Å². The highest BCUT2D eigenvalue weighted by Gasteiger charge is 2.20. The molecule has 4 rings (SSSR count). The zero-order valence-corrected chi connectivity index (χ0v) is 22.7. The van der Waals surface area contributed by atoms with Gasteiger partial charge in [0.1, 0.15) is 18.1 Å². The van der Waals surface area contributed by atoms with Gasteiger partial charge in [0.15, 0.2) is 12.4 Å². The first-order valence-electron chi connectivity index (χ1n) is 12.6. The third-order valence-electron chi connectivity index (χ3n) is 5.86. The van der Waals surface area contributed by atoms with Crippen LogP contribution in [0.3, 0.4) is 0 Å². The quantitative estimate of drug-likeness (QED) is 0.112. The number of nitrogens with zero attached hydrogens (tertiary/aromatic N) is 3. The molecule has 0 aliphatic carbocycles. The number of ether oxygens (including phenoxy) is 3. The van der Waals surface area contributed by atoms with Crippen LogP contribution in [0.15, 0.2) is 76.2 Å². The molecular formula is C29H28N4O8. The van der Waals surface area contributed by atoms with Crippen molar-refractivity contribution in [1.29, 1.82) is 0 Å². The van der Waals surface area contributed by atoms with E-state index in [0.29, 0.717) is 11.5 Å². The molecule has 212 valence electrons. The molecule has 0 radical (unpaired) electrons. The van der Waals surface area contributed by atoms with Gasteiger partial charge in [-0.2, -0.15) is 5.10 Å². The largest absolute Gasteiger partial charge is 0.486 e. The summed E-state index contributed by atoms with van der Waals surface area (Å²) in [6, 6.07) is 19.0. The number of hydrogen-bond donors (Lipinski definition) is 1. The highest BCUT2D eigenvalue weighted by atomic mass is 16.6. The number of carbonyl (C=O) groups excluding carboxylic acids is 2. The van der Waals surface area contributed by atoms with E-state index in [1.807, 2.05) is 38.1 Å². The lowest BCUT2D eigenvalue weighted by Crippen LogP contribution is -2.17. The van der Waals surface area contributed by atoms with Crippen molar-refractivity contribution in [2.24, 2.45) is 5.10 Å². The van der Waals surface area contributed by atoms with E-state index in [9.17, 15) is 19.7 Å². The monoisotopic (exact) mass is 560 g/mol. The van der Waals surface area contributed by atoms with Gasteiger partial charge in [-0.25, -0.2) is 10.2 Å². The summed E-state index contributed by atoms with van der Waals surface area (Å²) in [5.74, 6) is -0.456. The summed E-state index contributed by atoms with van der Waals surface area (Å²) in [6.45, 7) is 5.43. The van der Waals surface area contributed by atoms with Crippen molar-refractivity contribution >= 4 is 23.8 Å². The number of esters is 1. The number of rotatable bonds is 12. The summed E-state index contributed by atoms with van der Waals surface area (Å²) < 4.78 is 23.6. The van der Waals surface area contributed by atoms with Crippen LogP contribution in [0.25, 0.3) is 5.69 Å². The molecule has 0 atom stereocenters. The minimum Gasteiger partial charge on any atom is -0.486 e. The molecule has 2 heterocycles. The van der Waals surface area contributed by atoms with Gasteiger partial charge >= 0.3 is 17.6 Å². The Morgan fingerprint density at radius 3 is 2.44 bits per heavy atom. The normalized spacial score (nSPS) is 10.9. The molecule has 0 saturated carbocycles. The molecule has 0 aliphatic rings. The molecule has 1 amide bonds. The van der Waals surface area contributed by atoms with Crippen molar-refractivity contribution < 1.29 is 33.1 Å². The fourth-order valence-electron chi connectivity index (χ4n) is 3.99. The summed E-state index contributed by atoms with van der Waals surface area (Å²) in [6.07, 6.45) is 1.17. The zero-order valence-electron chi connectivity index (χ0n) is 22.7. The molecule has 0 aliphatic heterocycles. The Hall–Kier alpha value is -5.39. The maximum atomic E-state index is 12.5. The predicted molar refractivity (Wildman–Crippen MR) is 149 cm³/mol. The number of furan rings is 1. The molecule has 0 fully saturated rings. The maximum absolute atomic E-state index is 12.5. The second-order valence-electron chi connectivity index (χ2n) is 8.75. The summed E-state index contributed by atoms with van der Waals surface area (Å²) in [5.41, 5.74) is 5.40. The summed E-state index contributed by atoms with van der Waals surface area (Å²) in [4.78, 5) is 34.9. The Labute approximate surface area is 235 Å². The van der Waals surface area contributed by atoms with Crippen LogP contribution in [0, 0.1) is 24.0 Å². The van der Waals surface area contributed by atoms with Crippen molar-refractivity contribution in [1.82, 2.24) is 9.99 Å². The molecule has 0 bridgehead atoms. The number of aryl methyl sites for hydroxylation is 2. The molecule has 0 unspecified atom stereocenters. The first-order valence-corrected chi connectivity index (χ1v) is 12.6. The molecule has 12 nitrogen and oxygen atoms in total. The smallest absolute Gasteiger partial charge is 0.344 e. The van der Waals surface area contributed by atoms with E-state index in [1.165, 1.54) is 30.5 Å². The number of nitro groups is 1. The topological polar surface area (TPSA) is 147 Å². The summed E-state index contributed by atoms with van der Waals surface area (Å²) in [5, 5.41) is 15.3. The van der Waals surface area contributed by atoms with Crippen LogP contribution in [-0.2, 0) is 16.1 Å². The molecule has 12 heteroatoms. The number of nitro benzene ring substituents is 1. The van der Waals surface area contributed by atoms with Crippen LogP contribution >= 0.6 is 0 Å². The number of hydrazone groups is 1. The van der Waals surface area contributed by atoms with Crippen molar-refractivity contribution in [2.45, 2.75) is 27.4 Å². The Morgan fingerprint density at radius 1 is 1.02 bits per heavy atom. The van der Waals surface area contributed by atoms with Gasteiger partial charge in [-0.1, -0.05) is 6.07 Å². The van der Waals surface area contributed by atoms with Crippen LogP contribution in [0.4, 0.5) is 5.69 Å². The summed E-state index contributed by atoms with van der Waals surface area (Å²) in [7, 11) is 0. The minimum absolute atomic E-state index is 0.00696. The summed E-state index contributed by atoms with van der Waals surface area (Å²) >= 11 is 0. The Kier molecular flexibility index (Phi) is 9.15. The van der Waals surface area contributed by atoms with Gasteiger partial charge in [0, 0.05) is 28.7 Å². The third-order valence-corrected chi connectivity index (χ3v) is 5.86. The standard InChI is InChI=1S/C29H28N4O8/c1-4-38-27(34)18-40-28-21(6-5-7-25(28)33(36)37)16-30-31-29(35)26-15-14-24(41-26)17-39-23-12-10-22(11-13-23)32-19(2)8-9-20(32)3/h5-16H,4,17-18H2,1-3H3,(H,31,35)/b30-16+. The molecule has 4 aromatic rings. The van der Waals surface area contributed by atoms with Gasteiger partial charge in [-0.3, -0.25) is 14.9 Å². The number of benzene rings is 2. The van der Waals surface area contributed by atoms with Crippen LogP contribution in [0.1, 0.15) is 40.2 Å². The van der Waals surface area contributed by atoms with Crippen LogP contribution in [0.5, 0.6) is 11.5 Å². The Morgan fingerprint density at radius 2 is 1.76 bits per heavy atom. The first-order chi connectivity index (χ1) is 19.8. The minimum atomic E-state index is -0.682. The van der Waals surface area contributed by atoms with Crippen LogP contribution in [-0.4, -0.2) is 40.8 Å². The van der Waals surface area contributed by atoms with Crippen LogP contribution in [0.2, 0.25) is 0 Å². The average molecular weight is 561 g/mol. The second kappa shape index (κ2) is 13.1. The van der Waals surface area contributed by atoms with Crippen molar-refractivity contribution in [2.75, 3.05) is 13.2 Å². The molecule has 0 spiro atoms. The average Bonchev–Trinajstić information content (AvgIpc) is 3.57. The number of amides is 1. The molecule has 2 aromatic carbocycles. The van der Waals surface area contributed by atoms with E-state index in [-0.39, 0.29) is 36.0 Å². The number of aromatic nitrogens is 1. The molecule has 0 saturated heterocycles. The Bertz CT molecular complexity index is 1550. The van der Waals surface area contributed by atoms with Crippen LogP contribution < -0.4 is 14.9 Å². The highest BCUT2D eigenvalue weighted by molar-refractivity contribution is 5.93. The first kappa shape index (κ1) is 28.6. The number of carbonyl (C=O) groups is 2. The molecule has 1 N–H and O–H groups in total. The van der Waals surface area contributed by atoms with E-state index < -0.39 is 23.4 Å². The van der Waals surface area contributed by atoms with Gasteiger partial charge in [-0.15, -0.1) is 0 Å². The van der Waals surface area contributed by atoms with Crippen molar-refractivity contribution in [3.63, 3.8) is 0 Å². The van der Waals surface area contributed by atoms with E-state index >= 15 is 0 Å². The van der Waals surface area contributed by atoms with Gasteiger partial charge in [0.25, 0.3) is 0 Å². The molecular weight excluding hydrogens is 532 g/mol. The number of nitrogens with one attached hydrogen (secondary N) is 1. The fourth-order valence-corrected chi connectivity index (χ4v) is 3.99. The maximum Gasteiger partial charge on any atom is 0.344 e. The predicted octanol–water partition coefficient (Wildman–Crippen LogP) is 4.88. The third kappa shape index (κ3) is 7.18.